The zero-order chi connectivity index (χ0) is 17.4. The molecule has 0 aliphatic heterocycles. The first-order chi connectivity index (χ1) is 11.6. The summed E-state index contributed by atoms with van der Waals surface area (Å²) in [6.45, 7) is 2.01. The van der Waals surface area contributed by atoms with Gasteiger partial charge in [-0.3, -0.25) is 20.4 Å². The molecular formula is C18H21N3O2S. The molecule has 0 heterocycles. The molecule has 24 heavy (non-hydrogen) atoms. The minimum Gasteiger partial charge on any atom is -0.302 e. The number of nitrogens with one attached hydrogen (secondary N) is 3. The van der Waals surface area contributed by atoms with Gasteiger partial charge in [-0.2, -0.15) is 0 Å². The Kier molecular flexibility index (Phi) is 6.69. The first kappa shape index (κ1) is 17.9. The van der Waals surface area contributed by atoms with Gasteiger partial charge in [0, 0.05) is 6.42 Å². The van der Waals surface area contributed by atoms with Gasteiger partial charge in [-0.05, 0) is 35.0 Å². The van der Waals surface area contributed by atoms with Gasteiger partial charge >= 0.3 is 0 Å². The molecule has 126 valence electrons. The summed E-state index contributed by atoms with van der Waals surface area (Å²) in [5.74, 6) is -0.380. The molecule has 0 radical (unpaired) electrons. The van der Waals surface area contributed by atoms with E-state index in [0.29, 0.717) is 6.42 Å². The normalized spacial score (nSPS) is 10.2. The van der Waals surface area contributed by atoms with Crippen LogP contribution in [0.1, 0.15) is 31.7 Å². The van der Waals surface area contributed by atoms with E-state index in [4.69, 9.17) is 12.2 Å². The van der Waals surface area contributed by atoms with E-state index >= 15 is 0 Å². The Morgan fingerprint density at radius 2 is 1.75 bits per heavy atom. The fourth-order valence-electron chi connectivity index (χ4n) is 2.35. The summed E-state index contributed by atoms with van der Waals surface area (Å²) >= 11 is 4.98. The molecule has 0 fully saturated rings. The van der Waals surface area contributed by atoms with Crippen LogP contribution < -0.4 is 16.2 Å². The largest absolute Gasteiger partial charge is 0.302 e. The van der Waals surface area contributed by atoms with Crippen LogP contribution in [0.4, 0.5) is 0 Å². The maximum Gasteiger partial charge on any atom is 0.242 e. The van der Waals surface area contributed by atoms with E-state index in [9.17, 15) is 9.59 Å². The van der Waals surface area contributed by atoms with Crippen LogP contribution in [-0.2, 0) is 16.0 Å². The molecule has 2 aromatic rings. The van der Waals surface area contributed by atoms with Crippen molar-refractivity contribution >= 4 is 39.9 Å². The Morgan fingerprint density at radius 1 is 1.00 bits per heavy atom. The number of carbonyl (C=O) groups excluding carboxylic acids is 2. The van der Waals surface area contributed by atoms with Crippen LogP contribution in [0.2, 0.25) is 0 Å². The first-order valence-corrected chi connectivity index (χ1v) is 8.36. The zero-order valence-corrected chi connectivity index (χ0v) is 14.4. The number of fused-ring (bicyclic) bond motifs is 1. The highest BCUT2D eigenvalue weighted by atomic mass is 32.1. The van der Waals surface area contributed by atoms with Gasteiger partial charge in [-0.15, -0.1) is 0 Å². The Morgan fingerprint density at radius 3 is 2.54 bits per heavy atom. The maximum atomic E-state index is 12.1. The van der Waals surface area contributed by atoms with Gasteiger partial charge in [-0.1, -0.05) is 55.8 Å². The number of hydrazine groups is 1. The molecule has 0 saturated heterocycles. The molecule has 2 rings (SSSR count). The third kappa shape index (κ3) is 5.31. The molecule has 0 aliphatic carbocycles. The number of thiocarbonyl (C=S) groups is 1. The van der Waals surface area contributed by atoms with Gasteiger partial charge in [0.1, 0.15) is 0 Å². The Bertz CT molecular complexity index is 741. The number of rotatable bonds is 5. The lowest BCUT2D eigenvalue weighted by Crippen LogP contribution is -2.48. The highest BCUT2D eigenvalue weighted by molar-refractivity contribution is 7.80. The molecule has 0 spiro atoms. The smallest absolute Gasteiger partial charge is 0.242 e. The summed E-state index contributed by atoms with van der Waals surface area (Å²) in [6, 6.07) is 13.8. The first-order valence-electron chi connectivity index (χ1n) is 7.95. The number of carbonyl (C=O) groups is 2. The predicted octanol–water partition coefficient (Wildman–Crippen LogP) is 2.59. The fourth-order valence-corrected chi connectivity index (χ4v) is 2.51. The summed E-state index contributed by atoms with van der Waals surface area (Å²) in [4.78, 5) is 23.6. The second kappa shape index (κ2) is 8.98. The van der Waals surface area contributed by atoms with Gasteiger partial charge in [0.25, 0.3) is 0 Å². The van der Waals surface area contributed by atoms with Crippen molar-refractivity contribution in [2.24, 2.45) is 0 Å². The minimum absolute atomic E-state index is 0.0994. The van der Waals surface area contributed by atoms with Crippen molar-refractivity contribution in [1.82, 2.24) is 16.2 Å². The van der Waals surface area contributed by atoms with Crippen LogP contribution in [0.5, 0.6) is 0 Å². The van der Waals surface area contributed by atoms with Crippen LogP contribution in [0.3, 0.4) is 0 Å². The highest BCUT2D eigenvalue weighted by Crippen LogP contribution is 2.18. The van der Waals surface area contributed by atoms with Crippen molar-refractivity contribution in [3.05, 3.63) is 48.0 Å². The number of hydrogen-bond donors (Lipinski definition) is 3. The summed E-state index contributed by atoms with van der Waals surface area (Å²) in [5.41, 5.74) is 6.01. The summed E-state index contributed by atoms with van der Waals surface area (Å²) in [6.07, 6.45) is 2.39. The van der Waals surface area contributed by atoms with Crippen molar-refractivity contribution in [3.63, 3.8) is 0 Å². The molecule has 2 aromatic carbocycles. The average molecular weight is 343 g/mol. The van der Waals surface area contributed by atoms with E-state index in [1.54, 1.807) is 0 Å². The molecule has 0 aliphatic rings. The molecule has 2 amide bonds. The van der Waals surface area contributed by atoms with E-state index in [-0.39, 0.29) is 23.3 Å². The van der Waals surface area contributed by atoms with Crippen LogP contribution in [0.15, 0.2) is 42.5 Å². The lowest BCUT2D eigenvalue weighted by atomic mass is 10.0. The highest BCUT2D eigenvalue weighted by Gasteiger charge is 2.08. The molecule has 0 saturated carbocycles. The predicted molar refractivity (Wildman–Crippen MR) is 99.2 cm³/mol. The van der Waals surface area contributed by atoms with E-state index in [1.165, 1.54) is 0 Å². The number of benzene rings is 2. The molecule has 3 N–H and O–H groups in total. The van der Waals surface area contributed by atoms with Crippen LogP contribution in [0.25, 0.3) is 10.8 Å². The fraction of sp³-hybridized carbons (Fsp3) is 0.278. The van der Waals surface area contributed by atoms with Crippen LogP contribution in [-0.4, -0.2) is 16.9 Å². The van der Waals surface area contributed by atoms with E-state index < -0.39 is 0 Å². The second-order valence-electron chi connectivity index (χ2n) is 5.47. The van der Waals surface area contributed by atoms with E-state index in [2.05, 4.69) is 16.2 Å². The van der Waals surface area contributed by atoms with Crippen LogP contribution in [0, 0.1) is 0 Å². The molecule has 5 nitrogen and oxygen atoms in total. The van der Waals surface area contributed by atoms with Gasteiger partial charge < -0.3 is 5.32 Å². The topological polar surface area (TPSA) is 70.2 Å². The Balaban J connectivity index is 1.85. The number of hydrogen-bond acceptors (Lipinski definition) is 3. The third-order valence-corrected chi connectivity index (χ3v) is 3.76. The van der Waals surface area contributed by atoms with Crippen molar-refractivity contribution in [2.45, 2.75) is 32.6 Å². The monoisotopic (exact) mass is 343 g/mol. The molecule has 0 unspecified atom stereocenters. The quantitative estimate of drug-likeness (QED) is 0.576. The van der Waals surface area contributed by atoms with Crippen molar-refractivity contribution in [1.29, 1.82) is 0 Å². The zero-order valence-electron chi connectivity index (χ0n) is 13.6. The van der Waals surface area contributed by atoms with Crippen molar-refractivity contribution < 1.29 is 9.59 Å². The molecular weight excluding hydrogens is 322 g/mol. The molecule has 0 aromatic heterocycles. The van der Waals surface area contributed by atoms with Crippen molar-refractivity contribution in [3.8, 4) is 0 Å². The Hall–Kier alpha value is -2.47. The lowest BCUT2D eigenvalue weighted by molar-refractivity contribution is -0.122. The van der Waals surface area contributed by atoms with Crippen molar-refractivity contribution in [2.75, 3.05) is 0 Å². The van der Waals surface area contributed by atoms with Gasteiger partial charge in [0.15, 0.2) is 5.11 Å². The second-order valence-corrected chi connectivity index (χ2v) is 5.88. The van der Waals surface area contributed by atoms with Gasteiger partial charge in [-0.25, -0.2) is 0 Å². The van der Waals surface area contributed by atoms with E-state index in [1.807, 2.05) is 49.4 Å². The maximum absolute atomic E-state index is 12.1. The minimum atomic E-state index is -0.225. The van der Waals surface area contributed by atoms with Gasteiger partial charge in [0.05, 0.1) is 6.42 Å². The molecule has 0 atom stereocenters. The summed E-state index contributed by atoms with van der Waals surface area (Å²) in [7, 11) is 0. The SMILES string of the molecule is CCCCC(=O)NC(=S)NNC(=O)Cc1cccc2ccccc12. The third-order valence-electron chi connectivity index (χ3n) is 3.56. The Labute approximate surface area is 146 Å². The average Bonchev–Trinajstić information content (AvgIpc) is 2.58. The van der Waals surface area contributed by atoms with Gasteiger partial charge in [0.2, 0.25) is 11.8 Å². The van der Waals surface area contributed by atoms with E-state index in [0.717, 1.165) is 29.2 Å². The van der Waals surface area contributed by atoms with Crippen LogP contribution >= 0.6 is 12.2 Å². The molecule has 6 heteroatoms. The molecule has 0 bridgehead atoms. The summed E-state index contributed by atoms with van der Waals surface area (Å²) < 4.78 is 0. The summed E-state index contributed by atoms with van der Waals surface area (Å²) in [5, 5.41) is 4.77. The lowest BCUT2D eigenvalue weighted by Gasteiger charge is -2.11. The number of unbranched alkanes of at least 4 members (excludes halogenated alkanes) is 1. The standard InChI is InChI=1S/C18H21N3O2S/c1-2-3-11-16(22)19-18(24)21-20-17(23)12-14-9-6-8-13-7-4-5-10-15(13)14/h4-10H,2-3,11-12H2,1H3,(H,20,23)(H2,19,21,22,24). The number of amides is 2.